The molecule has 1 spiro atoms. The van der Waals surface area contributed by atoms with Crippen LogP contribution in [0.4, 0.5) is 5.82 Å². The number of pyridine rings is 1. The molecule has 3 heterocycles. The van der Waals surface area contributed by atoms with Crippen molar-refractivity contribution < 1.29 is 48.0 Å². The summed E-state index contributed by atoms with van der Waals surface area (Å²) in [6, 6.07) is 11.4. The number of aliphatic hydroxyl groups excluding tert-OH is 1. The molecule has 3 aromatic rings. The van der Waals surface area contributed by atoms with Crippen molar-refractivity contribution in [2.24, 2.45) is 5.92 Å². The first-order valence-electron chi connectivity index (χ1n) is 15.1. The molecule has 14 heteroatoms. The van der Waals surface area contributed by atoms with Gasteiger partial charge in [-0.25, -0.2) is 4.98 Å². The van der Waals surface area contributed by atoms with Gasteiger partial charge >= 0.3 is 0 Å². The smallest absolute Gasteiger partial charge is 0.231 e. The molecule has 2 amide bonds. The number of amides is 2. The summed E-state index contributed by atoms with van der Waals surface area (Å²) in [5, 5.41) is 17.4. The largest absolute Gasteiger partial charge is 0.507 e. The average molecular weight is 678 g/mol. The molecule has 2 aliphatic heterocycles. The molecule has 2 aromatic carbocycles. The van der Waals surface area contributed by atoms with E-state index < -0.39 is 40.7 Å². The van der Waals surface area contributed by atoms with Crippen LogP contribution in [0.1, 0.15) is 48.0 Å². The Bertz CT molecular complexity index is 1850. The summed E-state index contributed by atoms with van der Waals surface area (Å²) < 4.78 is 28.1. The number of aromatic nitrogens is 1. The Hall–Kier alpha value is -5.30. The van der Waals surface area contributed by atoms with E-state index in [2.05, 4.69) is 15.6 Å². The first-order chi connectivity index (χ1) is 23.1. The Labute approximate surface area is 280 Å². The van der Waals surface area contributed by atoms with Crippen LogP contribution < -0.4 is 34.3 Å². The van der Waals surface area contributed by atoms with E-state index in [-0.39, 0.29) is 71.9 Å². The number of fused-ring (bicyclic) bond motifs is 2. The summed E-state index contributed by atoms with van der Waals surface area (Å²) in [6.07, 6.45) is 0.986. The van der Waals surface area contributed by atoms with Gasteiger partial charge in [0.25, 0.3) is 0 Å². The van der Waals surface area contributed by atoms with Crippen molar-refractivity contribution in [3.8, 4) is 28.7 Å². The maximum atomic E-state index is 14.3. The van der Waals surface area contributed by atoms with Gasteiger partial charge in [0, 0.05) is 55.5 Å². The SMILES string of the molecule is COc1cc(OC)c2c(c1Cl)O[C@]1(C2=O)C(O)=C(C(CC(=O)NCCC(=O)Nc2ccccn2)c2ccc3c(c2)OCO3)C(=O)C[C@H]1C. The number of benzene rings is 2. The molecule has 1 aliphatic carbocycles. The number of carbonyl (C=O) groups is 4. The highest BCUT2D eigenvalue weighted by molar-refractivity contribution is 6.35. The van der Waals surface area contributed by atoms with Crippen molar-refractivity contribution in [1.29, 1.82) is 0 Å². The van der Waals surface area contributed by atoms with Gasteiger partial charge < -0.3 is 39.4 Å². The second-order valence-electron chi connectivity index (χ2n) is 11.5. The van der Waals surface area contributed by atoms with E-state index in [4.69, 9.17) is 35.3 Å². The number of methoxy groups -OCH3 is 2. The van der Waals surface area contributed by atoms with Crippen molar-refractivity contribution in [2.45, 2.75) is 37.7 Å². The quantitative estimate of drug-likeness (QED) is 0.275. The maximum absolute atomic E-state index is 14.3. The van der Waals surface area contributed by atoms with Crippen LogP contribution in [-0.4, -0.2) is 66.6 Å². The van der Waals surface area contributed by atoms with Crippen molar-refractivity contribution in [3.63, 3.8) is 0 Å². The molecule has 3 aliphatic rings. The molecule has 0 saturated heterocycles. The van der Waals surface area contributed by atoms with E-state index in [1.807, 2.05) is 0 Å². The number of ether oxygens (including phenoxy) is 5. The molecule has 0 saturated carbocycles. The van der Waals surface area contributed by atoms with Crippen molar-refractivity contribution >= 4 is 40.8 Å². The van der Waals surface area contributed by atoms with E-state index in [9.17, 15) is 24.3 Å². The lowest BCUT2D eigenvalue weighted by Gasteiger charge is -2.38. The van der Waals surface area contributed by atoms with E-state index in [0.29, 0.717) is 22.9 Å². The third kappa shape index (κ3) is 5.63. The van der Waals surface area contributed by atoms with E-state index >= 15 is 0 Å². The third-order valence-corrected chi connectivity index (χ3v) is 9.01. The highest BCUT2D eigenvalue weighted by Crippen LogP contribution is 2.56. The molecule has 0 radical (unpaired) electrons. The zero-order valence-corrected chi connectivity index (χ0v) is 27.0. The number of anilines is 1. The second-order valence-corrected chi connectivity index (χ2v) is 11.9. The van der Waals surface area contributed by atoms with Crippen molar-refractivity contribution in [3.05, 3.63) is 76.1 Å². The van der Waals surface area contributed by atoms with Crippen LogP contribution >= 0.6 is 11.6 Å². The van der Waals surface area contributed by atoms with E-state index in [1.54, 1.807) is 49.5 Å². The predicted molar refractivity (Wildman–Crippen MR) is 171 cm³/mol. The fourth-order valence-corrected chi connectivity index (χ4v) is 6.53. The fraction of sp³-hybridized carbons (Fsp3) is 0.324. The molecular formula is C34H32ClN3O10. The van der Waals surface area contributed by atoms with Gasteiger partial charge in [0.05, 0.1) is 14.2 Å². The molecular weight excluding hydrogens is 646 g/mol. The Morgan fingerprint density at radius 2 is 1.85 bits per heavy atom. The zero-order valence-electron chi connectivity index (χ0n) is 26.3. The number of hydrogen-bond donors (Lipinski definition) is 3. The van der Waals surface area contributed by atoms with Gasteiger partial charge in [0.15, 0.2) is 28.8 Å². The minimum atomic E-state index is -2.04. The van der Waals surface area contributed by atoms with Crippen LogP contribution in [-0.2, 0) is 14.4 Å². The minimum absolute atomic E-state index is 0.00301. The van der Waals surface area contributed by atoms with Gasteiger partial charge in [-0.2, -0.15) is 0 Å². The number of Topliss-reactive ketones (excluding diaryl/α,β-unsaturated/α-hetero) is 2. The number of allylic oxidation sites excluding steroid dienone is 1. The second kappa shape index (κ2) is 13.1. The molecule has 13 nitrogen and oxygen atoms in total. The standard InChI is InChI=1S/C34H32ClN3O10/c1-17-12-20(39)28(32(42)34(17)33(43)29-23(44-2)15-24(45-3)30(35)31(29)48-34)19(18-7-8-21-22(13-18)47-16-46-21)14-27(41)37-11-9-26(40)38-25-6-4-5-10-36-25/h4-8,10,13,15,17,19,42H,9,11-12,14,16H2,1-3H3,(H,37,41)(H,36,38,40)/t17-,19?,34+/m1/s1. The maximum Gasteiger partial charge on any atom is 0.231 e. The molecule has 48 heavy (non-hydrogen) atoms. The molecule has 0 fully saturated rings. The van der Waals surface area contributed by atoms with Gasteiger partial charge in [0.2, 0.25) is 30.0 Å². The lowest BCUT2D eigenvalue weighted by Crippen LogP contribution is -2.53. The highest BCUT2D eigenvalue weighted by Gasteiger charge is 2.61. The van der Waals surface area contributed by atoms with Crippen LogP contribution in [0.5, 0.6) is 28.7 Å². The summed E-state index contributed by atoms with van der Waals surface area (Å²) in [6.45, 7) is 1.59. The van der Waals surface area contributed by atoms with E-state index in [0.717, 1.165) is 0 Å². The number of rotatable bonds is 10. The Balaban J connectivity index is 1.34. The summed E-state index contributed by atoms with van der Waals surface area (Å²) in [4.78, 5) is 58.0. The Morgan fingerprint density at radius 3 is 2.58 bits per heavy atom. The average Bonchev–Trinajstić information content (AvgIpc) is 3.67. The molecule has 250 valence electrons. The molecule has 1 aromatic heterocycles. The predicted octanol–water partition coefficient (Wildman–Crippen LogP) is 4.53. The van der Waals surface area contributed by atoms with Crippen molar-refractivity contribution in [1.82, 2.24) is 10.3 Å². The number of ketones is 2. The number of nitrogens with zero attached hydrogens (tertiary/aromatic N) is 1. The van der Waals surface area contributed by atoms with Crippen LogP contribution in [0.3, 0.4) is 0 Å². The van der Waals surface area contributed by atoms with Gasteiger partial charge in [-0.3, -0.25) is 19.2 Å². The lowest BCUT2D eigenvalue weighted by molar-refractivity contribution is -0.121. The monoisotopic (exact) mass is 677 g/mol. The summed E-state index contributed by atoms with van der Waals surface area (Å²) in [5.74, 6) is -3.02. The highest BCUT2D eigenvalue weighted by atomic mass is 35.5. The molecule has 0 bridgehead atoms. The minimum Gasteiger partial charge on any atom is -0.507 e. The molecule has 6 rings (SSSR count). The number of nitrogens with one attached hydrogen (secondary N) is 2. The Morgan fingerprint density at radius 1 is 1.08 bits per heavy atom. The first kappa shape index (κ1) is 32.6. The Kier molecular flexibility index (Phi) is 8.89. The summed E-state index contributed by atoms with van der Waals surface area (Å²) >= 11 is 6.58. The normalized spacial score (nSPS) is 19.9. The summed E-state index contributed by atoms with van der Waals surface area (Å²) in [7, 11) is 2.76. The van der Waals surface area contributed by atoms with Gasteiger partial charge in [-0.1, -0.05) is 30.7 Å². The molecule has 3 N–H and O–H groups in total. The first-order valence-corrected chi connectivity index (χ1v) is 15.5. The number of halogens is 1. The van der Waals surface area contributed by atoms with Crippen molar-refractivity contribution in [2.75, 3.05) is 32.9 Å². The fourth-order valence-electron chi connectivity index (χ4n) is 6.27. The number of aliphatic hydroxyl groups is 1. The van der Waals surface area contributed by atoms with Crippen LogP contribution in [0.25, 0.3) is 0 Å². The van der Waals surface area contributed by atoms with Gasteiger partial charge in [-0.05, 0) is 29.8 Å². The molecule has 3 atom stereocenters. The molecule has 1 unspecified atom stereocenters. The zero-order chi connectivity index (χ0) is 34.2. The topological polar surface area (TPSA) is 172 Å². The third-order valence-electron chi connectivity index (χ3n) is 8.66. The van der Waals surface area contributed by atoms with Gasteiger partial charge in [0.1, 0.15) is 27.9 Å². The number of hydrogen-bond acceptors (Lipinski definition) is 11. The summed E-state index contributed by atoms with van der Waals surface area (Å²) in [5.41, 5.74) is -1.76. The lowest BCUT2D eigenvalue weighted by atomic mass is 9.69. The number of carbonyl (C=O) groups excluding carboxylic acids is 4. The van der Waals surface area contributed by atoms with Crippen LogP contribution in [0.2, 0.25) is 5.02 Å². The van der Waals surface area contributed by atoms with Crippen LogP contribution in [0, 0.1) is 5.92 Å². The van der Waals surface area contributed by atoms with Gasteiger partial charge in [-0.15, -0.1) is 0 Å². The van der Waals surface area contributed by atoms with E-state index in [1.165, 1.54) is 20.3 Å². The van der Waals surface area contributed by atoms with Crippen LogP contribution in [0.15, 0.2) is 60.0 Å².